The van der Waals surface area contributed by atoms with Crippen LogP contribution < -0.4 is 5.32 Å². The maximum Gasteiger partial charge on any atom is 0.222 e. The van der Waals surface area contributed by atoms with E-state index in [4.69, 9.17) is 0 Å². The average Bonchev–Trinajstić information content (AvgIpc) is 2.76. The van der Waals surface area contributed by atoms with Crippen LogP contribution in [-0.4, -0.2) is 79.0 Å². The molecule has 5 nitrogen and oxygen atoms in total. The van der Waals surface area contributed by atoms with Gasteiger partial charge in [-0.05, 0) is 49.1 Å². The summed E-state index contributed by atoms with van der Waals surface area (Å²) < 4.78 is 0. The van der Waals surface area contributed by atoms with Crippen molar-refractivity contribution < 1.29 is 4.79 Å². The molecule has 6 heteroatoms. The molecule has 3 fully saturated rings. The number of piperazine rings is 1. The molecule has 180 valence electrons. The molecule has 0 aliphatic carbocycles. The molecule has 1 N–H and O–H groups in total. The van der Waals surface area contributed by atoms with Crippen LogP contribution in [0.3, 0.4) is 0 Å². The van der Waals surface area contributed by atoms with Crippen LogP contribution in [0, 0.1) is 17.8 Å². The fourth-order valence-electron chi connectivity index (χ4n) is 5.91. The normalized spacial score (nSPS) is 26.7. The number of rotatable bonds is 8. The van der Waals surface area contributed by atoms with Crippen molar-refractivity contribution in [3.63, 3.8) is 0 Å². The third-order valence-corrected chi connectivity index (χ3v) is 7.39. The van der Waals surface area contributed by atoms with Crippen LogP contribution in [0.4, 0.5) is 0 Å². The Kier molecular flexibility index (Phi) is 9.84. The summed E-state index contributed by atoms with van der Waals surface area (Å²) in [6.45, 7) is 14.2. The van der Waals surface area contributed by atoms with Gasteiger partial charge in [0.25, 0.3) is 0 Å². The minimum atomic E-state index is 0. The van der Waals surface area contributed by atoms with Crippen LogP contribution in [-0.2, 0) is 11.3 Å². The Hall–Kier alpha value is -1.14. The third kappa shape index (κ3) is 7.18. The predicted molar refractivity (Wildman–Crippen MR) is 134 cm³/mol. The summed E-state index contributed by atoms with van der Waals surface area (Å²) in [6, 6.07) is 11.5. The standard InChI is InChI=1S/C26H42N4O.ClH/c1-21(2)17-28-11-13-30(14-12-28)26(31)10-6-9-25-24-15-23(16-27-25)19-29(20-24)18-22-7-4-3-5-8-22;/h3-5,7-8,21,23-25,27H,6,9-20H2,1-2H3;1H/t23-,24-,25+;/m0./s1. The highest BCUT2D eigenvalue weighted by molar-refractivity contribution is 5.85. The van der Waals surface area contributed by atoms with Gasteiger partial charge < -0.3 is 10.2 Å². The Morgan fingerprint density at radius 2 is 1.81 bits per heavy atom. The van der Waals surface area contributed by atoms with Gasteiger partial charge in [0.15, 0.2) is 0 Å². The number of piperidine rings is 2. The van der Waals surface area contributed by atoms with E-state index in [1.807, 2.05) is 0 Å². The van der Waals surface area contributed by atoms with Crippen molar-refractivity contribution in [1.82, 2.24) is 20.0 Å². The van der Waals surface area contributed by atoms with Crippen molar-refractivity contribution in [2.45, 2.75) is 52.1 Å². The summed E-state index contributed by atoms with van der Waals surface area (Å²) in [5.41, 5.74) is 1.42. The van der Waals surface area contributed by atoms with E-state index in [0.29, 0.717) is 24.3 Å². The molecular formula is C26H43ClN4O. The van der Waals surface area contributed by atoms with Gasteiger partial charge in [-0.15, -0.1) is 12.4 Å². The number of hydrogen-bond donors (Lipinski definition) is 1. The first kappa shape index (κ1) is 25.5. The third-order valence-electron chi connectivity index (χ3n) is 7.39. The molecule has 32 heavy (non-hydrogen) atoms. The Labute approximate surface area is 201 Å². The quantitative estimate of drug-likeness (QED) is 0.641. The molecule has 0 saturated carbocycles. The molecule has 0 radical (unpaired) electrons. The first-order valence-electron chi connectivity index (χ1n) is 12.6. The zero-order valence-electron chi connectivity index (χ0n) is 20.0. The van der Waals surface area contributed by atoms with Crippen molar-refractivity contribution in [2.24, 2.45) is 17.8 Å². The molecule has 0 aromatic heterocycles. The molecule has 0 spiro atoms. The van der Waals surface area contributed by atoms with Gasteiger partial charge in [-0.3, -0.25) is 14.6 Å². The van der Waals surface area contributed by atoms with E-state index in [1.165, 1.54) is 25.1 Å². The minimum Gasteiger partial charge on any atom is -0.340 e. The number of nitrogens with zero attached hydrogens (tertiary/aromatic N) is 3. The van der Waals surface area contributed by atoms with Gasteiger partial charge in [0.05, 0.1) is 0 Å². The van der Waals surface area contributed by atoms with Gasteiger partial charge in [0.1, 0.15) is 0 Å². The molecule has 1 aromatic carbocycles. The number of benzene rings is 1. The average molecular weight is 463 g/mol. The highest BCUT2D eigenvalue weighted by Gasteiger charge is 2.36. The number of nitrogens with one attached hydrogen (secondary N) is 1. The summed E-state index contributed by atoms with van der Waals surface area (Å²) in [5, 5.41) is 3.82. The molecule has 3 aliphatic heterocycles. The van der Waals surface area contributed by atoms with Crippen LogP contribution in [0.1, 0.15) is 45.1 Å². The zero-order chi connectivity index (χ0) is 21.6. The number of fused-ring (bicyclic) bond motifs is 2. The second kappa shape index (κ2) is 12.4. The van der Waals surface area contributed by atoms with Crippen LogP contribution in [0.2, 0.25) is 0 Å². The number of carbonyl (C=O) groups is 1. The summed E-state index contributed by atoms with van der Waals surface area (Å²) in [6.07, 6.45) is 4.22. The molecule has 0 unspecified atom stereocenters. The molecule has 2 bridgehead atoms. The summed E-state index contributed by atoms with van der Waals surface area (Å²) in [7, 11) is 0. The van der Waals surface area contributed by atoms with Crippen molar-refractivity contribution in [3.8, 4) is 0 Å². The zero-order valence-corrected chi connectivity index (χ0v) is 20.9. The summed E-state index contributed by atoms with van der Waals surface area (Å²) in [4.78, 5) is 20.0. The lowest BCUT2D eigenvalue weighted by molar-refractivity contribution is -0.133. The van der Waals surface area contributed by atoms with Crippen LogP contribution >= 0.6 is 12.4 Å². The molecule has 1 amide bonds. The van der Waals surface area contributed by atoms with Gasteiger partial charge in [-0.2, -0.15) is 0 Å². The second-order valence-electron chi connectivity index (χ2n) is 10.5. The lowest BCUT2D eigenvalue weighted by atomic mass is 9.79. The molecule has 3 saturated heterocycles. The Bertz CT molecular complexity index is 692. The smallest absolute Gasteiger partial charge is 0.222 e. The highest BCUT2D eigenvalue weighted by Crippen LogP contribution is 2.31. The van der Waals surface area contributed by atoms with Crippen molar-refractivity contribution >= 4 is 18.3 Å². The number of halogens is 1. The molecule has 3 aliphatic rings. The Balaban J connectivity index is 0.00000289. The maximum absolute atomic E-state index is 12.7. The van der Waals surface area contributed by atoms with Crippen molar-refractivity contribution in [1.29, 1.82) is 0 Å². The summed E-state index contributed by atoms with van der Waals surface area (Å²) in [5.74, 6) is 2.58. The molecule has 3 heterocycles. The summed E-state index contributed by atoms with van der Waals surface area (Å²) >= 11 is 0. The predicted octanol–water partition coefficient (Wildman–Crippen LogP) is 3.49. The van der Waals surface area contributed by atoms with Gasteiger partial charge >= 0.3 is 0 Å². The second-order valence-corrected chi connectivity index (χ2v) is 10.5. The van der Waals surface area contributed by atoms with Crippen LogP contribution in [0.15, 0.2) is 30.3 Å². The monoisotopic (exact) mass is 462 g/mol. The van der Waals surface area contributed by atoms with Gasteiger partial charge in [0.2, 0.25) is 5.91 Å². The first-order chi connectivity index (χ1) is 15.1. The van der Waals surface area contributed by atoms with E-state index in [1.54, 1.807) is 0 Å². The van der Waals surface area contributed by atoms with E-state index in [0.717, 1.165) is 70.5 Å². The Morgan fingerprint density at radius 3 is 2.53 bits per heavy atom. The molecular weight excluding hydrogens is 420 g/mol. The van der Waals surface area contributed by atoms with Gasteiger partial charge in [-0.25, -0.2) is 0 Å². The minimum absolute atomic E-state index is 0. The number of amides is 1. The van der Waals surface area contributed by atoms with Crippen LogP contribution in [0.25, 0.3) is 0 Å². The molecule has 4 rings (SSSR count). The van der Waals surface area contributed by atoms with Crippen molar-refractivity contribution in [3.05, 3.63) is 35.9 Å². The number of likely N-dealkylation sites (tertiary alicyclic amines) is 1. The molecule has 1 aromatic rings. The van der Waals surface area contributed by atoms with Crippen LogP contribution in [0.5, 0.6) is 0 Å². The largest absolute Gasteiger partial charge is 0.340 e. The van der Waals surface area contributed by atoms with E-state index in [9.17, 15) is 4.79 Å². The van der Waals surface area contributed by atoms with E-state index >= 15 is 0 Å². The lowest BCUT2D eigenvalue weighted by Crippen LogP contribution is -2.55. The van der Waals surface area contributed by atoms with E-state index in [-0.39, 0.29) is 12.4 Å². The fourth-order valence-corrected chi connectivity index (χ4v) is 5.91. The molecule has 3 atom stereocenters. The first-order valence-corrected chi connectivity index (χ1v) is 12.6. The van der Waals surface area contributed by atoms with E-state index in [2.05, 4.69) is 64.2 Å². The fraction of sp³-hybridized carbons (Fsp3) is 0.731. The topological polar surface area (TPSA) is 38.8 Å². The van der Waals surface area contributed by atoms with Gasteiger partial charge in [0, 0.05) is 64.8 Å². The lowest BCUT2D eigenvalue weighted by Gasteiger charge is -2.46. The van der Waals surface area contributed by atoms with Gasteiger partial charge in [-0.1, -0.05) is 44.2 Å². The highest BCUT2D eigenvalue weighted by atomic mass is 35.5. The van der Waals surface area contributed by atoms with Crippen molar-refractivity contribution in [2.75, 3.05) is 52.4 Å². The number of carbonyl (C=O) groups excluding carboxylic acids is 1. The maximum atomic E-state index is 12.7. The van der Waals surface area contributed by atoms with E-state index < -0.39 is 0 Å². The Morgan fingerprint density at radius 1 is 1.06 bits per heavy atom. The number of hydrogen-bond acceptors (Lipinski definition) is 4. The SMILES string of the molecule is CC(C)CN1CCN(C(=O)CCC[C@H]2NC[C@@H]3C[C@H]2CN(Cc2ccccc2)C3)CC1.Cl.